The van der Waals surface area contributed by atoms with Gasteiger partial charge in [0, 0.05) is 10.6 Å². The van der Waals surface area contributed by atoms with Crippen molar-refractivity contribution in [1.29, 1.82) is 0 Å². The van der Waals surface area contributed by atoms with Gasteiger partial charge in [-0.25, -0.2) is 0 Å². The van der Waals surface area contributed by atoms with Crippen LogP contribution in [0.4, 0.5) is 5.69 Å². The zero-order valence-electron chi connectivity index (χ0n) is 10.6. The first-order chi connectivity index (χ1) is 9.70. The van der Waals surface area contributed by atoms with E-state index in [2.05, 4.69) is 11.2 Å². The SMILES string of the molecule is C#CCOc1ccccc1NC(=O)c1ccc(Cl)cc1. The van der Waals surface area contributed by atoms with Gasteiger partial charge in [0.25, 0.3) is 5.91 Å². The van der Waals surface area contributed by atoms with Crippen LogP contribution >= 0.6 is 11.6 Å². The molecular formula is C16H12ClNO2. The lowest BCUT2D eigenvalue weighted by molar-refractivity contribution is 0.102. The normalized spacial score (nSPS) is 9.60. The van der Waals surface area contributed by atoms with Gasteiger partial charge >= 0.3 is 0 Å². The zero-order valence-corrected chi connectivity index (χ0v) is 11.4. The predicted molar refractivity (Wildman–Crippen MR) is 80.2 cm³/mol. The Bertz CT molecular complexity index is 644. The van der Waals surface area contributed by atoms with Gasteiger partial charge in [0.2, 0.25) is 0 Å². The standard InChI is InChI=1S/C16H12ClNO2/c1-2-11-20-15-6-4-3-5-14(15)18-16(19)12-7-9-13(17)10-8-12/h1,3-10H,11H2,(H,18,19). The first-order valence-electron chi connectivity index (χ1n) is 5.93. The first-order valence-corrected chi connectivity index (χ1v) is 6.30. The monoisotopic (exact) mass is 285 g/mol. The van der Waals surface area contributed by atoms with Crippen LogP contribution in [-0.2, 0) is 0 Å². The lowest BCUT2D eigenvalue weighted by Crippen LogP contribution is -2.12. The molecule has 0 fully saturated rings. The van der Waals surface area contributed by atoms with E-state index in [0.29, 0.717) is 22.0 Å². The Kier molecular flexibility index (Phi) is 4.65. The quantitative estimate of drug-likeness (QED) is 0.872. The number of benzene rings is 2. The largest absolute Gasteiger partial charge is 0.479 e. The van der Waals surface area contributed by atoms with Crippen molar-refractivity contribution in [3.8, 4) is 18.1 Å². The molecular weight excluding hydrogens is 274 g/mol. The second-order valence-electron chi connectivity index (χ2n) is 3.95. The minimum atomic E-state index is -0.238. The van der Waals surface area contributed by atoms with E-state index in [1.165, 1.54) is 0 Å². The van der Waals surface area contributed by atoms with Gasteiger partial charge in [-0.1, -0.05) is 29.7 Å². The summed E-state index contributed by atoms with van der Waals surface area (Å²) in [5.41, 5.74) is 1.09. The summed E-state index contributed by atoms with van der Waals surface area (Å²) >= 11 is 5.79. The van der Waals surface area contributed by atoms with E-state index in [1.54, 1.807) is 42.5 Å². The van der Waals surface area contributed by atoms with Crippen molar-refractivity contribution in [2.75, 3.05) is 11.9 Å². The Morgan fingerprint density at radius 2 is 1.90 bits per heavy atom. The lowest BCUT2D eigenvalue weighted by atomic mass is 10.2. The highest BCUT2D eigenvalue weighted by Crippen LogP contribution is 2.24. The summed E-state index contributed by atoms with van der Waals surface area (Å²) in [7, 11) is 0. The number of carbonyl (C=O) groups excluding carboxylic acids is 1. The maximum atomic E-state index is 12.1. The van der Waals surface area contributed by atoms with Crippen molar-refractivity contribution in [2.24, 2.45) is 0 Å². The molecule has 0 unspecified atom stereocenters. The predicted octanol–water partition coefficient (Wildman–Crippen LogP) is 3.60. The average Bonchev–Trinajstić information content (AvgIpc) is 2.47. The van der Waals surface area contributed by atoms with Crippen molar-refractivity contribution in [1.82, 2.24) is 0 Å². The number of nitrogens with one attached hydrogen (secondary N) is 1. The zero-order chi connectivity index (χ0) is 14.4. The third-order valence-corrected chi connectivity index (χ3v) is 2.80. The Hall–Kier alpha value is -2.44. The number of halogens is 1. The van der Waals surface area contributed by atoms with Gasteiger partial charge in [0.15, 0.2) is 0 Å². The molecule has 0 aromatic heterocycles. The Balaban J connectivity index is 2.15. The summed E-state index contributed by atoms with van der Waals surface area (Å²) in [5, 5.41) is 3.36. The van der Waals surface area contributed by atoms with E-state index in [9.17, 15) is 4.79 Å². The summed E-state index contributed by atoms with van der Waals surface area (Å²) in [6.07, 6.45) is 5.16. The molecule has 0 saturated heterocycles. The van der Waals surface area contributed by atoms with Crippen LogP contribution in [0.5, 0.6) is 5.75 Å². The fraction of sp³-hybridized carbons (Fsp3) is 0.0625. The summed E-state index contributed by atoms with van der Waals surface area (Å²) in [6.45, 7) is 0.147. The Labute approximate surface area is 122 Å². The molecule has 1 amide bonds. The Morgan fingerprint density at radius 1 is 1.20 bits per heavy atom. The highest BCUT2D eigenvalue weighted by molar-refractivity contribution is 6.30. The fourth-order valence-electron chi connectivity index (χ4n) is 1.61. The summed E-state index contributed by atoms with van der Waals surface area (Å²) < 4.78 is 5.37. The van der Waals surface area contributed by atoms with Crippen LogP contribution in [0.25, 0.3) is 0 Å². The van der Waals surface area contributed by atoms with Gasteiger partial charge in [-0.3, -0.25) is 4.79 Å². The van der Waals surface area contributed by atoms with Crippen LogP contribution in [0.3, 0.4) is 0 Å². The van der Waals surface area contributed by atoms with Crippen LogP contribution in [0.2, 0.25) is 5.02 Å². The summed E-state index contributed by atoms with van der Waals surface area (Å²) in [5.74, 6) is 2.68. The van der Waals surface area contributed by atoms with Crippen LogP contribution in [0, 0.1) is 12.3 Å². The number of ether oxygens (including phenoxy) is 1. The van der Waals surface area contributed by atoms with Crippen molar-refractivity contribution < 1.29 is 9.53 Å². The molecule has 0 aliphatic rings. The van der Waals surface area contributed by atoms with E-state index in [-0.39, 0.29) is 12.5 Å². The maximum Gasteiger partial charge on any atom is 0.255 e. The molecule has 0 aliphatic heterocycles. The molecule has 2 rings (SSSR count). The van der Waals surface area contributed by atoms with E-state index in [0.717, 1.165) is 0 Å². The number of hydrogen-bond donors (Lipinski definition) is 1. The number of hydrogen-bond acceptors (Lipinski definition) is 2. The van der Waals surface area contributed by atoms with Gasteiger partial charge in [0.05, 0.1) is 5.69 Å². The lowest BCUT2D eigenvalue weighted by Gasteiger charge is -2.10. The molecule has 2 aromatic carbocycles. The van der Waals surface area contributed by atoms with Gasteiger partial charge in [-0.05, 0) is 36.4 Å². The van der Waals surface area contributed by atoms with Crippen molar-refractivity contribution in [2.45, 2.75) is 0 Å². The molecule has 4 heteroatoms. The van der Waals surface area contributed by atoms with Gasteiger partial charge in [0.1, 0.15) is 12.4 Å². The van der Waals surface area contributed by atoms with Crippen molar-refractivity contribution in [3.63, 3.8) is 0 Å². The van der Waals surface area contributed by atoms with Gasteiger partial charge < -0.3 is 10.1 Å². The second kappa shape index (κ2) is 6.65. The minimum absolute atomic E-state index is 0.147. The van der Waals surface area contributed by atoms with Crippen LogP contribution in [0.15, 0.2) is 48.5 Å². The van der Waals surface area contributed by atoms with Crippen molar-refractivity contribution >= 4 is 23.2 Å². The molecule has 100 valence electrons. The summed E-state index contributed by atoms with van der Waals surface area (Å²) in [6, 6.07) is 13.7. The molecule has 0 saturated carbocycles. The highest BCUT2D eigenvalue weighted by Gasteiger charge is 2.09. The number of rotatable bonds is 4. The average molecular weight is 286 g/mol. The maximum absolute atomic E-state index is 12.1. The van der Waals surface area contributed by atoms with Crippen molar-refractivity contribution in [3.05, 3.63) is 59.1 Å². The smallest absolute Gasteiger partial charge is 0.255 e. The number of amides is 1. The van der Waals surface area contributed by atoms with Crippen LogP contribution < -0.4 is 10.1 Å². The molecule has 0 heterocycles. The van der Waals surface area contributed by atoms with Gasteiger partial charge in [-0.15, -0.1) is 6.42 Å². The molecule has 0 bridgehead atoms. The third-order valence-electron chi connectivity index (χ3n) is 2.55. The van der Waals surface area contributed by atoms with Gasteiger partial charge in [-0.2, -0.15) is 0 Å². The molecule has 0 spiro atoms. The van der Waals surface area contributed by atoms with E-state index < -0.39 is 0 Å². The topological polar surface area (TPSA) is 38.3 Å². The highest BCUT2D eigenvalue weighted by atomic mass is 35.5. The number of terminal acetylenes is 1. The minimum Gasteiger partial charge on any atom is -0.479 e. The molecule has 20 heavy (non-hydrogen) atoms. The van der Waals surface area contributed by atoms with E-state index in [1.807, 2.05) is 6.07 Å². The molecule has 3 nitrogen and oxygen atoms in total. The molecule has 0 atom stereocenters. The Morgan fingerprint density at radius 3 is 2.60 bits per heavy atom. The van der Waals surface area contributed by atoms with E-state index >= 15 is 0 Å². The molecule has 2 aromatic rings. The number of para-hydroxylation sites is 2. The first kappa shape index (κ1) is 14.0. The fourth-order valence-corrected chi connectivity index (χ4v) is 1.74. The van der Waals surface area contributed by atoms with Crippen LogP contribution in [-0.4, -0.2) is 12.5 Å². The van der Waals surface area contributed by atoms with Crippen LogP contribution in [0.1, 0.15) is 10.4 Å². The number of anilines is 1. The molecule has 0 radical (unpaired) electrons. The molecule has 1 N–H and O–H groups in total. The number of carbonyl (C=O) groups is 1. The summed E-state index contributed by atoms with van der Waals surface area (Å²) in [4.78, 5) is 12.1. The third kappa shape index (κ3) is 3.53. The van der Waals surface area contributed by atoms with E-state index in [4.69, 9.17) is 22.8 Å². The molecule has 0 aliphatic carbocycles. The second-order valence-corrected chi connectivity index (χ2v) is 4.39.